The first kappa shape index (κ1) is 22.8. The van der Waals surface area contributed by atoms with E-state index in [0.29, 0.717) is 34.8 Å². The van der Waals surface area contributed by atoms with Crippen LogP contribution < -0.4 is 14.2 Å². The molecule has 0 aliphatic heterocycles. The summed E-state index contributed by atoms with van der Waals surface area (Å²) in [6, 6.07) is 11.8. The molecule has 0 amide bonds. The Hall–Kier alpha value is -2.86. The Kier molecular flexibility index (Phi) is 7.33. The number of aromatic nitrogens is 1. The molecule has 0 bridgehead atoms. The third-order valence-corrected chi connectivity index (χ3v) is 4.75. The van der Waals surface area contributed by atoms with Crippen molar-refractivity contribution in [1.82, 2.24) is 4.98 Å². The van der Waals surface area contributed by atoms with Gasteiger partial charge in [-0.25, -0.2) is 9.37 Å². The van der Waals surface area contributed by atoms with Crippen molar-refractivity contribution in [3.05, 3.63) is 59.5 Å². The van der Waals surface area contributed by atoms with Crippen LogP contribution in [0.2, 0.25) is 0 Å². The highest BCUT2D eigenvalue weighted by atomic mass is 19.1. The summed E-state index contributed by atoms with van der Waals surface area (Å²) in [4.78, 5) is 4.67. The van der Waals surface area contributed by atoms with Gasteiger partial charge in [-0.05, 0) is 57.5 Å². The summed E-state index contributed by atoms with van der Waals surface area (Å²) >= 11 is 0. The molecule has 3 aromatic rings. The maximum atomic E-state index is 13.8. The summed E-state index contributed by atoms with van der Waals surface area (Å²) < 4.78 is 31.5. The molecule has 0 spiro atoms. The Morgan fingerprint density at radius 1 is 1.03 bits per heavy atom. The molecule has 0 aliphatic carbocycles. The van der Waals surface area contributed by atoms with Crippen LogP contribution >= 0.6 is 0 Å². The zero-order chi connectivity index (χ0) is 22.4. The molecule has 0 saturated carbocycles. The van der Waals surface area contributed by atoms with Gasteiger partial charge in [-0.3, -0.25) is 0 Å². The molecule has 1 N–H and O–H groups in total. The Morgan fingerprint density at radius 2 is 1.77 bits per heavy atom. The Balaban J connectivity index is 1.81. The third kappa shape index (κ3) is 6.31. The average Bonchev–Trinajstić information content (AvgIpc) is 2.73. The van der Waals surface area contributed by atoms with Crippen molar-refractivity contribution in [1.29, 1.82) is 0 Å². The first-order valence-electron chi connectivity index (χ1n) is 10.6. The van der Waals surface area contributed by atoms with E-state index in [9.17, 15) is 9.50 Å². The fourth-order valence-corrected chi connectivity index (χ4v) is 3.06. The monoisotopic (exact) mass is 427 g/mol. The molecular formula is C25H30FNO4. The standard InChI is InChI=1S/C25H30FNO4/c1-5-6-12-29-24-17(2)23(27-22-11-10-18(26)13-21(22)24)15-30-19-8-7-9-20(14-19)31-16-25(3,4)28/h7-11,13-14,28H,5-6,12,15-16H2,1-4H3. The second kappa shape index (κ2) is 9.96. The van der Waals surface area contributed by atoms with Crippen LogP contribution in [0.5, 0.6) is 17.2 Å². The number of nitrogens with zero attached hydrogens (tertiary/aromatic N) is 1. The molecule has 6 heteroatoms. The molecule has 0 unspecified atom stereocenters. The van der Waals surface area contributed by atoms with Gasteiger partial charge in [0, 0.05) is 17.0 Å². The fraction of sp³-hybridized carbons (Fsp3) is 0.400. The molecule has 0 aliphatic rings. The lowest BCUT2D eigenvalue weighted by atomic mass is 10.1. The third-order valence-electron chi connectivity index (χ3n) is 4.75. The van der Waals surface area contributed by atoms with Crippen LogP contribution in [0, 0.1) is 12.7 Å². The van der Waals surface area contributed by atoms with Crippen LogP contribution in [0.3, 0.4) is 0 Å². The van der Waals surface area contributed by atoms with Crippen LogP contribution in [0.15, 0.2) is 42.5 Å². The number of hydrogen-bond donors (Lipinski definition) is 1. The summed E-state index contributed by atoms with van der Waals surface area (Å²) in [5.74, 6) is 1.57. The number of unbranched alkanes of at least 4 members (excludes halogenated alkanes) is 1. The summed E-state index contributed by atoms with van der Waals surface area (Å²) in [6.07, 6.45) is 1.93. The van der Waals surface area contributed by atoms with Gasteiger partial charge in [-0.15, -0.1) is 0 Å². The van der Waals surface area contributed by atoms with E-state index in [1.165, 1.54) is 12.1 Å². The molecule has 3 rings (SSSR count). The Morgan fingerprint density at radius 3 is 2.48 bits per heavy atom. The van der Waals surface area contributed by atoms with Crippen molar-refractivity contribution < 1.29 is 23.7 Å². The van der Waals surface area contributed by atoms with E-state index in [-0.39, 0.29) is 19.0 Å². The molecule has 1 aromatic heterocycles. The topological polar surface area (TPSA) is 60.8 Å². The van der Waals surface area contributed by atoms with E-state index in [4.69, 9.17) is 14.2 Å². The molecule has 0 atom stereocenters. The van der Waals surface area contributed by atoms with Gasteiger partial charge in [0.15, 0.2) is 0 Å². The van der Waals surface area contributed by atoms with Gasteiger partial charge >= 0.3 is 0 Å². The molecule has 166 valence electrons. The fourth-order valence-electron chi connectivity index (χ4n) is 3.06. The molecule has 1 heterocycles. The van der Waals surface area contributed by atoms with E-state index >= 15 is 0 Å². The number of fused-ring (bicyclic) bond motifs is 1. The van der Waals surface area contributed by atoms with E-state index in [2.05, 4.69) is 11.9 Å². The lowest BCUT2D eigenvalue weighted by molar-refractivity contribution is 0.0284. The number of aliphatic hydroxyl groups is 1. The number of rotatable bonds is 10. The van der Waals surface area contributed by atoms with Gasteiger partial charge in [0.05, 0.1) is 23.4 Å². The number of benzene rings is 2. The minimum atomic E-state index is -0.920. The predicted octanol–water partition coefficient (Wildman–Crippen LogP) is 5.59. The Bertz CT molecular complexity index is 1030. The summed E-state index contributed by atoms with van der Waals surface area (Å²) in [5, 5.41) is 10.5. The summed E-state index contributed by atoms with van der Waals surface area (Å²) in [5.41, 5.74) is 1.31. The smallest absolute Gasteiger partial charge is 0.133 e. The minimum absolute atomic E-state index is 0.177. The van der Waals surface area contributed by atoms with Gasteiger partial charge in [0.1, 0.15) is 36.3 Å². The predicted molar refractivity (Wildman–Crippen MR) is 119 cm³/mol. The van der Waals surface area contributed by atoms with Gasteiger partial charge in [-0.1, -0.05) is 19.4 Å². The summed E-state index contributed by atoms with van der Waals surface area (Å²) in [7, 11) is 0. The van der Waals surface area contributed by atoms with Gasteiger partial charge < -0.3 is 19.3 Å². The van der Waals surface area contributed by atoms with Crippen molar-refractivity contribution >= 4 is 10.9 Å². The van der Waals surface area contributed by atoms with Crippen LogP contribution in [0.4, 0.5) is 4.39 Å². The highest BCUT2D eigenvalue weighted by molar-refractivity contribution is 5.86. The van der Waals surface area contributed by atoms with Gasteiger partial charge in [0.25, 0.3) is 0 Å². The Labute approximate surface area is 182 Å². The molecule has 0 radical (unpaired) electrons. The van der Waals surface area contributed by atoms with Crippen LogP contribution in [0.1, 0.15) is 44.9 Å². The molecule has 0 saturated heterocycles. The second-order valence-electron chi connectivity index (χ2n) is 8.24. The van der Waals surface area contributed by atoms with Crippen LogP contribution in [0.25, 0.3) is 10.9 Å². The maximum absolute atomic E-state index is 13.8. The van der Waals surface area contributed by atoms with Crippen molar-refractivity contribution in [2.24, 2.45) is 0 Å². The number of halogens is 1. The van der Waals surface area contributed by atoms with Crippen molar-refractivity contribution in [3.8, 4) is 17.2 Å². The zero-order valence-electron chi connectivity index (χ0n) is 18.6. The van der Waals surface area contributed by atoms with Crippen LogP contribution in [-0.4, -0.2) is 28.9 Å². The second-order valence-corrected chi connectivity index (χ2v) is 8.24. The highest BCUT2D eigenvalue weighted by Crippen LogP contribution is 2.32. The van der Waals surface area contributed by atoms with Crippen molar-refractivity contribution in [2.75, 3.05) is 13.2 Å². The maximum Gasteiger partial charge on any atom is 0.133 e. The molecule has 0 fully saturated rings. The van der Waals surface area contributed by atoms with Crippen molar-refractivity contribution in [2.45, 2.75) is 52.7 Å². The van der Waals surface area contributed by atoms with E-state index in [0.717, 1.165) is 24.1 Å². The summed E-state index contributed by atoms with van der Waals surface area (Å²) in [6.45, 7) is 8.36. The van der Waals surface area contributed by atoms with Gasteiger partial charge in [-0.2, -0.15) is 0 Å². The zero-order valence-corrected chi connectivity index (χ0v) is 18.6. The lowest BCUT2D eigenvalue weighted by Crippen LogP contribution is -2.27. The minimum Gasteiger partial charge on any atom is -0.493 e. The number of pyridine rings is 1. The van der Waals surface area contributed by atoms with Crippen molar-refractivity contribution in [3.63, 3.8) is 0 Å². The van der Waals surface area contributed by atoms with E-state index in [1.54, 1.807) is 26.0 Å². The van der Waals surface area contributed by atoms with Gasteiger partial charge in [0.2, 0.25) is 0 Å². The lowest BCUT2D eigenvalue weighted by Gasteiger charge is -2.18. The van der Waals surface area contributed by atoms with E-state index in [1.807, 2.05) is 25.1 Å². The molecule has 2 aromatic carbocycles. The number of hydrogen-bond acceptors (Lipinski definition) is 5. The molecular weight excluding hydrogens is 397 g/mol. The SMILES string of the molecule is CCCCOc1c(C)c(COc2cccc(OCC(C)(C)O)c2)nc2ccc(F)cc12. The first-order valence-corrected chi connectivity index (χ1v) is 10.6. The molecule has 5 nitrogen and oxygen atoms in total. The van der Waals surface area contributed by atoms with Crippen LogP contribution in [-0.2, 0) is 6.61 Å². The number of ether oxygens (including phenoxy) is 3. The molecule has 31 heavy (non-hydrogen) atoms. The van der Waals surface area contributed by atoms with E-state index < -0.39 is 5.60 Å². The first-order chi connectivity index (χ1) is 14.8. The average molecular weight is 428 g/mol. The quantitative estimate of drug-likeness (QED) is 0.428. The largest absolute Gasteiger partial charge is 0.493 e. The normalized spacial score (nSPS) is 11.5. The highest BCUT2D eigenvalue weighted by Gasteiger charge is 2.16.